The number of nitriles is 1. The Morgan fingerprint density at radius 1 is 1.29 bits per heavy atom. The number of thiocarbonyl (C=S) groups is 1. The van der Waals surface area contributed by atoms with Crippen LogP contribution < -0.4 is 9.80 Å². The van der Waals surface area contributed by atoms with Gasteiger partial charge in [-0.15, -0.1) is 0 Å². The summed E-state index contributed by atoms with van der Waals surface area (Å²) in [5.41, 5.74) is -1.54. The zero-order valence-electron chi connectivity index (χ0n) is 16.3. The Morgan fingerprint density at radius 2 is 2.03 bits per heavy atom. The van der Waals surface area contributed by atoms with Crippen molar-refractivity contribution in [2.75, 3.05) is 16.8 Å². The second kappa shape index (κ2) is 7.42. The van der Waals surface area contributed by atoms with Crippen molar-refractivity contribution in [3.8, 4) is 6.07 Å². The average molecular weight is 443 g/mol. The monoisotopic (exact) mass is 443 g/mol. The lowest BCUT2D eigenvalue weighted by atomic mass is 9.75. The molecule has 0 atom stereocenters. The molecule has 0 radical (unpaired) electrons. The first kappa shape index (κ1) is 20.9. The van der Waals surface area contributed by atoms with Crippen molar-refractivity contribution in [1.82, 2.24) is 4.98 Å². The van der Waals surface area contributed by atoms with Gasteiger partial charge >= 0.3 is 6.18 Å². The lowest BCUT2D eigenvalue weighted by Crippen LogP contribution is -2.55. The summed E-state index contributed by atoms with van der Waals surface area (Å²) in [4.78, 5) is 23.9. The molecule has 1 saturated carbocycles. The molecule has 1 saturated heterocycles. The van der Waals surface area contributed by atoms with Crippen LogP contribution in [-0.2, 0) is 11.0 Å². The Labute approximate surface area is 181 Å². The van der Waals surface area contributed by atoms with Gasteiger partial charge in [0, 0.05) is 18.9 Å². The molecule has 2 heterocycles. The van der Waals surface area contributed by atoms with Crippen molar-refractivity contribution in [3.63, 3.8) is 0 Å². The minimum atomic E-state index is -4.79. The Hall–Kier alpha value is -3.32. The van der Waals surface area contributed by atoms with Crippen molar-refractivity contribution in [3.05, 3.63) is 53.3 Å². The van der Waals surface area contributed by atoms with Gasteiger partial charge in [-0.3, -0.25) is 14.7 Å². The van der Waals surface area contributed by atoms with Crippen molar-refractivity contribution in [1.29, 1.82) is 5.26 Å². The number of hydrogen-bond acceptors (Lipinski definition) is 5. The molecule has 0 N–H and O–H groups in total. The smallest absolute Gasteiger partial charge is 0.303 e. The van der Waals surface area contributed by atoms with E-state index in [9.17, 15) is 18.0 Å². The number of aliphatic imine (C=N–C) groups is 1. The summed E-state index contributed by atoms with van der Waals surface area (Å²) in [5.74, 6) is -0.391. The number of hydrogen-bond donors (Lipinski definition) is 0. The van der Waals surface area contributed by atoms with Crippen LogP contribution in [0.15, 0.2) is 41.5 Å². The van der Waals surface area contributed by atoms with E-state index in [4.69, 9.17) is 17.5 Å². The van der Waals surface area contributed by atoms with E-state index < -0.39 is 28.9 Å². The number of alkyl halides is 3. The normalized spacial score (nSPS) is 18.0. The van der Waals surface area contributed by atoms with Gasteiger partial charge in [-0.2, -0.15) is 18.4 Å². The molecule has 4 rings (SSSR count). The molecule has 1 aromatic carbocycles. The van der Waals surface area contributed by atoms with E-state index >= 15 is 0 Å². The molecule has 6 nitrogen and oxygen atoms in total. The number of carbonyl (C=O) groups excluding carboxylic acids is 1. The Bertz CT molecular complexity index is 1150. The molecule has 2 aromatic rings. The third kappa shape index (κ3) is 3.25. The topological polar surface area (TPSA) is 72.6 Å². The van der Waals surface area contributed by atoms with Gasteiger partial charge in [-0.25, -0.2) is 4.98 Å². The summed E-state index contributed by atoms with van der Waals surface area (Å²) < 4.78 is 40.3. The summed E-state index contributed by atoms with van der Waals surface area (Å²) in [6.07, 6.45) is -0.188. The second-order valence-corrected chi connectivity index (χ2v) is 7.69. The lowest BCUT2D eigenvalue weighted by molar-refractivity contribution is -0.138. The summed E-state index contributed by atoms with van der Waals surface area (Å²) in [6.45, 7) is 0. The highest BCUT2D eigenvalue weighted by atomic mass is 32.1. The molecule has 0 bridgehead atoms. The van der Waals surface area contributed by atoms with Gasteiger partial charge in [0.05, 0.1) is 17.4 Å². The standard InChI is InChI=1S/C21H16F3N5OS/c1-26-11-13-4-2-5-14(8-13)29-19(31)28(18(30)20(29)6-3-7-20)15-9-16(21(22,23)24)17(10-25)27-12-15/h2,4-5,8-9,11-12H,3,6-7H2,1H3/b26-11+. The van der Waals surface area contributed by atoms with Gasteiger partial charge in [0.25, 0.3) is 5.91 Å². The highest BCUT2D eigenvalue weighted by Crippen LogP contribution is 2.48. The zero-order chi connectivity index (χ0) is 22.4. The number of anilines is 2. The largest absolute Gasteiger partial charge is 0.419 e. The van der Waals surface area contributed by atoms with Gasteiger partial charge in [-0.1, -0.05) is 12.1 Å². The number of rotatable bonds is 3. The van der Waals surface area contributed by atoms with E-state index in [0.29, 0.717) is 18.5 Å². The highest BCUT2D eigenvalue weighted by molar-refractivity contribution is 7.81. The Kier molecular flexibility index (Phi) is 5.01. The fourth-order valence-corrected chi connectivity index (χ4v) is 4.45. The number of nitrogens with zero attached hydrogens (tertiary/aromatic N) is 5. The molecular weight excluding hydrogens is 427 g/mol. The highest BCUT2D eigenvalue weighted by Gasteiger charge is 2.59. The van der Waals surface area contributed by atoms with Crippen molar-refractivity contribution >= 4 is 40.8 Å². The Morgan fingerprint density at radius 3 is 2.61 bits per heavy atom. The van der Waals surface area contributed by atoms with E-state index in [2.05, 4.69) is 9.98 Å². The van der Waals surface area contributed by atoms with Gasteiger partial charge < -0.3 is 4.90 Å². The quantitative estimate of drug-likeness (QED) is 0.528. The van der Waals surface area contributed by atoms with E-state index in [1.165, 1.54) is 6.07 Å². The van der Waals surface area contributed by atoms with E-state index in [1.807, 2.05) is 12.1 Å². The molecular formula is C21H16F3N5OS. The van der Waals surface area contributed by atoms with Crippen LogP contribution in [0, 0.1) is 11.3 Å². The first-order valence-electron chi connectivity index (χ1n) is 9.41. The molecule has 2 aliphatic rings. The van der Waals surface area contributed by atoms with E-state index in [0.717, 1.165) is 29.1 Å². The number of halogens is 3. The Balaban J connectivity index is 1.82. The maximum Gasteiger partial charge on any atom is 0.419 e. The second-order valence-electron chi connectivity index (χ2n) is 7.33. The van der Waals surface area contributed by atoms with Crippen LogP contribution in [0.2, 0.25) is 0 Å². The molecule has 2 fully saturated rings. The first-order chi connectivity index (χ1) is 14.7. The molecule has 0 unspecified atom stereocenters. The predicted molar refractivity (Wildman–Crippen MR) is 113 cm³/mol. The van der Waals surface area contributed by atoms with Crippen LogP contribution in [-0.4, -0.2) is 34.8 Å². The molecule has 10 heteroatoms. The molecule has 1 spiro atoms. The number of aromatic nitrogens is 1. The zero-order valence-corrected chi connectivity index (χ0v) is 17.2. The molecule has 1 aliphatic heterocycles. The van der Waals surface area contributed by atoms with Crippen molar-refractivity contribution in [2.24, 2.45) is 4.99 Å². The van der Waals surface area contributed by atoms with Crippen LogP contribution in [0.3, 0.4) is 0 Å². The van der Waals surface area contributed by atoms with Crippen LogP contribution in [0.4, 0.5) is 24.5 Å². The summed E-state index contributed by atoms with van der Waals surface area (Å²) >= 11 is 5.58. The van der Waals surface area contributed by atoms with Crippen LogP contribution in [0.25, 0.3) is 0 Å². The van der Waals surface area contributed by atoms with Gasteiger partial charge in [0.1, 0.15) is 11.6 Å². The fraction of sp³-hybridized carbons (Fsp3) is 0.286. The van der Waals surface area contributed by atoms with Gasteiger partial charge in [0.15, 0.2) is 10.8 Å². The minimum Gasteiger partial charge on any atom is -0.303 e. The lowest BCUT2D eigenvalue weighted by Gasteiger charge is -2.43. The molecule has 1 aliphatic carbocycles. The molecule has 158 valence electrons. The third-order valence-electron chi connectivity index (χ3n) is 5.54. The SMILES string of the molecule is C/N=C/c1cccc(N2C(=S)N(c3cnc(C#N)c(C(F)(F)F)c3)C(=O)C23CCC3)c1. The van der Waals surface area contributed by atoms with E-state index in [-0.39, 0.29) is 10.8 Å². The molecule has 31 heavy (non-hydrogen) atoms. The van der Waals surface area contributed by atoms with E-state index in [1.54, 1.807) is 30.3 Å². The summed E-state index contributed by atoms with van der Waals surface area (Å²) in [6, 6.07) is 9.48. The number of pyridine rings is 1. The predicted octanol–water partition coefficient (Wildman–Crippen LogP) is 4.08. The van der Waals surface area contributed by atoms with Crippen molar-refractivity contribution < 1.29 is 18.0 Å². The van der Waals surface area contributed by atoms with Gasteiger partial charge in [0.2, 0.25) is 0 Å². The minimum absolute atomic E-state index is 0.0786. The van der Waals surface area contributed by atoms with Crippen LogP contribution in [0.5, 0.6) is 0 Å². The van der Waals surface area contributed by atoms with Crippen LogP contribution >= 0.6 is 12.2 Å². The fourth-order valence-electron chi connectivity index (χ4n) is 3.98. The summed E-state index contributed by atoms with van der Waals surface area (Å²) in [5, 5.41) is 9.07. The first-order valence-corrected chi connectivity index (χ1v) is 9.82. The van der Waals surface area contributed by atoms with Crippen molar-refractivity contribution in [2.45, 2.75) is 31.0 Å². The van der Waals surface area contributed by atoms with Crippen LogP contribution in [0.1, 0.15) is 36.1 Å². The molecule has 1 amide bonds. The molecule has 1 aromatic heterocycles. The third-order valence-corrected chi connectivity index (χ3v) is 5.91. The number of benzene rings is 1. The van der Waals surface area contributed by atoms with Gasteiger partial charge in [-0.05, 0) is 55.2 Å². The maximum absolute atomic E-state index is 13.4. The number of carbonyl (C=O) groups is 1. The summed E-state index contributed by atoms with van der Waals surface area (Å²) in [7, 11) is 1.64. The number of amides is 1. The maximum atomic E-state index is 13.4. The average Bonchev–Trinajstić information content (AvgIpc) is 2.94.